The largest absolute Gasteiger partial charge is 0.462 e. The molecule has 1 aromatic carbocycles. The summed E-state index contributed by atoms with van der Waals surface area (Å²) in [5, 5.41) is 13.5. The summed E-state index contributed by atoms with van der Waals surface area (Å²) in [5.74, 6) is 0. The van der Waals surface area contributed by atoms with Crippen LogP contribution in [0.5, 0.6) is 0 Å². The number of halogens is 1. The van der Waals surface area contributed by atoms with Gasteiger partial charge >= 0.3 is 12.2 Å². The molecule has 0 fully saturated rings. The number of nitrogens with zero attached hydrogens (tertiary/aromatic N) is 2. The zero-order chi connectivity index (χ0) is 12.0. The molecule has 0 radical (unpaired) electrons. The normalized spacial score (nSPS) is 12.3. The van der Waals surface area contributed by atoms with Gasteiger partial charge in [-0.05, 0) is 0 Å². The maximum Gasteiger partial charge on any atom is 0.454 e. The lowest BCUT2D eigenvalue weighted by Gasteiger charge is -2.07. The molecular formula is C9H7ClN2O4. The SMILES string of the molecule is O=C(O)N=NC(=O)OC(Cl)c1ccccc1. The van der Waals surface area contributed by atoms with E-state index in [1.165, 1.54) is 0 Å². The molecule has 84 valence electrons. The molecule has 0 saturated heterocycles. The Morgan fingerprint density at radius 2 is 1.88 bits per heavy atom. The average Bonchev–Trinajstić information content (AvgIpc) is 2.27. The van der Waals surface area contributed by atoms with Gasteiger partial charge in [-0.3, -0.25) is 0 Å². The molecule has 0 aliphatic carbocycles. The van der Waals surface area contributed by atoms with Gasteiger partial charge in [-0.1, -0.05) is 52.2 Å². The van der Waals surface area contributed by atoms with Crippen molar-refractivity contribution in [3.8, 4) is 0 Å². The first kappa shape index (κ1) is 12.1. The second-order valence-electron chi connectivity index (χ2n) is 2.59. The lowest BCUT2D eigenvalue weighted by Crippen LogP contribution is -2.02. The first-order valence-corrected chi connectivity index (χ1v) is 4.57. The van der Waals surface area contributed by atoms with Crippen molar-refractivity contribution in [2.75, 3.05) is 0 Å². The van der Waals surface area contributed by atoms with Crippen molar-refractivity contribution in [1.82, 2.24) is 0 Å². The van der Waals surface area contributed by atoms with Gasteiger partial charge in [0.15, 0.2) is 0 Å². The third-order valence-corrected chi connectivity index (χ3v) is 1.82. The van der Waals surface area contributed by atoms with Crippen LogP contribution in [-0.2, 0) is 4.74 Å². The molecule has 0 aliphatic heterocycles. The van der Waals surface area contributed by atoms with Gasteiger partial charge in [0.25, 0.3) is 0 Å². The van der Waals surface area contributed by atoms with Crippen LogP contribution < -0.4 is 0 Å². The fraction of sp³-hybridized carbons (Fsp3) is 0.111. The standard InChI is InChI=1S/C9H7ClN2O4/c10-7(6-4-2-1-3-5-6)16-9(15)12-11-8(13)14/h1-5,7H,(H,13,14). The number of hydrogen-bond acceptors (Lipinski definition) is 3. The summed E-state index contributed by atoms with van der Waals surface area (Å²) in [5.41, 5.74) is -0.468. The number of carbonyl (C=O) groups excluding carboxylic acids is 1. The summed E-state index contributed by atoms with van der Waals surface area (Å²) in [6.45, 7) is 0. The van der Waals surface area contributed by atoms with Crippen LogP contribution in [0, 0.1) is 0 Å². The van der Waals surface area contributed by atoms with Crippen LogP contribution in [0.4, 0.5) is 9.59 Å². The van der Waals surface area contributed by atoms with Gasteiger partial charge in [0.1, 0.15) is 0 Å². The van der Waals surface area contributed by atoms with E-state index < -0.39 is 17.7 Å². The topological polar surface area (TPSA) is 88.3 Å². The Bertz CT molecular complexity index is 407. The molecule has 1 atom stereocenters. The van der Waals surface area contributed by atoms with Gasteiger partial charge < -0.3 is 9.84 Å². The van der Waals surface area contributed by atoms with Gasteiger partial charge in [0, 0.05) is 5.56 Å². The number of benzene rings is 1. The molecule has 16 heavy (non-hydrogen) atoms. The summed E-state index contributed by atoms with van der Waals surface area (Å²) in [7, 11) is 0. The van der Waals surface area contributed by atoms with E-state index in [2.05, 4.69) is 15.0 Å². The van der Waals surface area contributed by atoms with Crippen LogP contribution in [-0.4, -0.2) is 17.3 Å². The monoisotopic (exact) mass is 242 g/mol. The first-order valence-electron chi connectivity index (χ1n) is 4.14. The molecule has 1 unspecified atom stereocenters. The van der Waals surface area contributed by atoms with Crippen LogP contribution in [0.25, 0.3) is 0 Å². The molecule has 1 N–H and O–H groups in total. The highest BCUT2D eigenvalue weighted by Crippen LogP contribution is 2.21. The minimum Gasteiger partial charge on any atom is -0.462 e. The minimum absolute atomic E-state index is 0.558. The zero-order valence-corrected chi connectivity index (χ0v) is 8.66. The lowest BCUT2D eigenvalue weighted by molar-refractivity contribution is 0.141. The summed E-state index contributed by atoms with van der Waals surface area (Å²) in [6, 6.07) is 8.52. The number of hydrogen-bond donors (Lipinski definition) is 1. The molecular weight excluding hydrogens is 236 g/mol. The Labute approximate surface area is 95.5 Å². The Morgan fingerprint density at radius 3 is 2.44 bits per heavy atom. The molecule has 7 heteroatoms. The highest BCUT2D eigenvalue weighted by atomic mass is 35.5. The molecule has 6 nitrogen and oxygen atoms in total. The molecule has 2 amide bonds. The molecule has 1 rings (SSSR count). The smallest absolute Gasteiger partial charge is 0.454 e. The van der Waals surface area contributed by atoms with Crippen LogP contribution in [0.1, 0.15) is 11.1 Å². The quantitative estimate of drug-likeness (QED) is 0.637. The van der Waals surface area contributed by atoms with E-state index in [9.17, 15) is 9.59 Å². The lowest BCUT2D eigenvalue weighted by atomic mass is 10.2. The van der Waals surface area contributed by atoms with E-state index in [4.69, 9.17) is 16.7 Å². The van der Waals surface area contributed by atoms with Gasteiger partial charge in [0.2, 0.25) is 5.56 Å². The minimum atomic E-state index is -1.58. The van der Waals surface area contributed by atoms with Crippen LogP contribution in [0.15, 0.2) is 40.6 Å². The average molecular weight is 243 g/mol. The number of carboxylic acid groups (broad SMARTS) is 1. The number of azo groups is 1. The number of rotatable bonds is 2. The highest BCUT2D eigenvalue weighted by Gasteiger charge is 2.12. The van der Waals surface area contributed by atoms with Crippen molar-refractivity contribution in [3.63, 3.8) is 0 Å². The molecule has 0 saturated carbocycles. The third-order valence-electron chi connectivity index (χ3n) is 1.48. The Morgan fingerprint density at radius 1 is 1.25 bits per heavy atom. The maximum absolute atomic E-state index is 10.9. The third kappa shape index (κ3) is 4.05. The molecule has 0 aliphatic rings. The molecule has 0 aromatic heterocycles. The van der Waals surface area contributed by atoms with E-state index in [-0.39, 0.29) is 0 Å². The fourth-order valence-corrected chi connectivity index (χ4v) is 1.09. The predicted octanol–water partition coefficient (Wildman–Crippen LogP) is 3.19. The predicted molar refractivity (Wildman–Crippen MR) is 54.4 cm³/mol. The summed E-state index contributed by atoms with van der Waals surface area (Å²) >= 11 is 5.72. The second-order valence-corrected chi connectivity index (χ2v) is 2.99. The van der Waals surface area contributed by atoms with Gasteiger partial charge in [-0.25, -0.2) is 9.59 Å². The number of alkyl halides is 1. The van der Waals surface area contributed by atoms with E-state index in [0.717, 1.165) is 0 Å². The number of carbonyl (C=O) groups is 2. The summed E-state index contributed by atoms with van der Waals surface area (Å²) in [4.78, 5) is 20.9. The van der Waals surface area contributed by atoms with Crippen molar-refractivity contribution in [2.45, 2.75) is 5.56 Å². The van der Waals surface area contributed by atoms with Gasteiger partial charge in [-0.15, -0.1) is 0 Å². The summed E-state index contributed by atoms with van der Waals surface area (Å²) in [6.07, 6.45) is -2.74. The second kappa shape index (κ2) is 5.82. The van der Waals surface area contributed by atoms with Crippen LogP contribution in [0.2, 0.25) is 0 Å². The maximum atomic E-state index is 10.9. The molecule has 0 heterocycles. The Kier molecular flexibility index (Phi) is 4.41. The zero-order valence-electron chi connectivity index (χ0n) is 7.91. The van der Waals surface area contributed by atoms with Crippen LogP contribution in [0.3, 0.4) is 0 Å². The van der Waals surface area contributed by atoms with E-state index in [0.29, 0.717) is 5.56 Å². The van der Waals surface area contributed by atoms with Crippen molar-refractivity contribution >= 4 is 23.8 Å². The number of amides is 2. The summed E-state index contributed by atoms with van der Waals surface area (Å²) < 4.78 is 4.59. The van der Waals surface area contributed by atoms with Crippen molar-refractivity contribution in [2.24, 2.45) is 10.2 Å². The molecule has 0 bridgehead atoms. The Hall–Kier alpha value is -1.95. The van der Waals surface area contributed by atoms with Crippen molar-refractivity contribution in [3.05, 3.63) is 35.9 Å². The first-order chi connectivity index (χ1) is 7.59. The van der Waals surface area contributed by atoms with Crippen molar-refractivity contribution in [1.29, 1.82) is 0 Å². The van der Waals surface area contributed by atoms with Crippen molar-refractivity contribution < 1.29 is 19.4 Å². The van der Waals surface area contributed by atoms with Crippen LogP contribution >= 0.6 is 11.6 Å². The van der Waals surface area contributed by atoms with E-state index >= 15 is 0 Å². The molecule has 0 spiro atoms. The van der Waals surface area contributed by atoms with E-state index in [1.54, 1.807) is 30.3 Å². The van der Waals surface area contributed by atoms with Gasteiger partial charge in [-0.2, -0.15) is 0 Å². The fourth-order valence-electron chi connectivity index (χ4n) is 0.868. The van der Waals surface area contributed by atoms with E-state index in [1.807, 2.05) is 0 Å². The molecule has 1 aromatic rings. The Balaban J connectivity index is 2.55. The highest BCUT2D eigenvalue weighted by molar-refractivity contribution is 6.20. The number of ether oxygens (including phenoxy) is 1. The van der Waals surface area contributed by atoms with Gasteiger partial charge in [0.05, 0.1) is 0 Å².